The standard InChI is InChI=1S/C15H21FN2OS/c1-14(2)8-18(9-15(3,4)19-14)11-7-5-6-10(16)12(11)13(17)20/h5-7H,8-9H2,1-4H3,(H2,17,20). The Morgan fingerprint density at radius 1 is 1.25 bits per heavy atom. The first-order chi connectivity index (χ1) is 9.11. The minimum absolute atomic E-state index is 0.0835. The minimum atomic E-state index is -0.378. The van der Waals surface area contributed by atoms with E-state index in [1.807, 2.05) is 33.8 Å². The second-order valence-corrected chi connectivity index (χ2v) is 6.92. The van der Waals surface area contributed by atoms with Crippen molar-refractivity contribution in [3.05, 3.63) is 29.6 Å². The number of nitrogens with zero attached hydrogens (tertiary/aromatic N) is 1. The lowest BCUT2D eigenvalue weighted by Gasteiger charge is -2.48. The van der Waals surface area contributed by atoms with Crippen LogP contribution in [0.5, 0.6) is 0 Å². The van der Waals surface area contributed by atoms with Gasteiger partial charge in [-0.05, 0) is 39.8 Å². The third kappa shape index (κ3) is 3.10. The van der Waals surface area contributed by atoms with Crippen molar-refractivity contribution in [2.45, 2.75) is 38.9 Å². The highest BCUT2D eigenvalue weighted by Crippen LogP contribution is 2.33. The fourth-order valence-electron chi connectivity index (χ4n) is 2.98. The topological polar surface area (TPSA) is 38.5 Å². The Balaban J connectivity index is 2.46. The molecule has 2 rings (SSSR count). The Kier molecular flexibility index (Phi) is 3.77. The summed E-state index contributed by atoms with van der Waals surface area (Å²) in [5.41, 5.74) is 6.11. The molecule has 0 radical (unpaired) electrons. The van der Waals surface area contributed by atoms with E-state index in [9.17, 15) is 4.39 Å². The molecule has 0 unspecified atom stereocenters. The van der Waals surface area contributed by atoms with Crippen LogP contribution < -0.4 is 10.6 Å². The lowest BCUT2D eigenvalue weighted by molar-refractivity contribution is -0.133. The number of morpholine rings is 1. The van der Waals surface area contributed by atoms with Crippen molar-refractivity contribution in [1.82, 2.24) is 0 Å². The molecule has 0 spiro atoms. The molecule has 0 atom stereocenters. The van der Waals surface area contributed by atoms with Gasteiger partial charge in [-0.25, -0.2) is 4.39 Å². The first-order valence-corrected chi connectivity index (χ1v) is 7.06. The summed E-state index contributed by atoms with van der Waals surface area (Å²) < 4.78 is 20.1. The van der Waals surface area contributed by atoms with Crippen molar-refractivity contribution < 1.29 is 9.13 Å². The van der Waals surface area contributed by atoms with Gasteiger partial charge in [0.15, 0.2) is 0 Å². The van der Waals surface area contributed by atoms with Crippen LogP contribution in [-0.2, 0) is 4.74 Å². The molecule has 0 amide bonds. The zero-order valence-corrected chi connectivity index (χ0v) is 13.2. The fraction of sp³-hybridized carbons (Fsp3) is 0.533. The Bertz CT molecular complexity index is 527. The molecule has 5 heteroatoms. The van der Waals surface area contributed by atoms with Crippen LogP contribution in [0.1, 0.15) is 33.3 Å². The molecule has 0 bridgehead atoms. The maximum absolute atomic E-state index is 14.0. The predicted molar refractivity (Wildman–Crippen MR) is 83.7 cm³/mol. The van der Waals surface area contributed by atoms with Gasteiger partial charge in [0.25, 0.3) is 0 Å². The normalized spacial score (nSPS) is 20.8. The fourth-order valence-corrected chi connectivity index (χ4v) is 3.18. The number of nitrogens with two attached hydrogens (primary N) is 1. The first kappa shape index (κ1) is 15.2. The average molecular weight is 296 g/mol. The quantitative estimate of drug-likeness (QED) is 0.852. The van der Waals surface area contributed by atoms with E-state index in [4.69, 9.17) is 22.7 Å². The van der Waals surface area contributed by atoms with Crippen molar-refractivity contribution in [2.75, 3.05) is 18.0 Å². The highest BCUT2D eigenvalue weighted by atomic mass is 32.1. The van der Waals surface area contributed by atoms with E-state index < -0.39 is 0 Å². The van der Waals surface area contributed by atoms with E-state index in [2.05, 4.69) is 4.90 Å². The zero-order valence-electron chi connectivity index (χ0n) is 12.4. The molecular weight excluding hydrogens is 275 g/mol. The number of anilines is 1. The van der Waals surface area contributed by atoms with Crippen molar-refractivity contribution in [3.63, 3.8) is 0 Å². The lowest BCUT2D eigenvalue weighted by atomic mass is 9.97. The molecule has 1 fully saturated rings. The van der Waals surface area contributed by atoms with Crippen LogP contribution in [0, 0.1) is 5.82 Å². The number of benzene rings is 1. The van der Waals surface area contributed by atoms with Gasteiger partial charge in [-0.15, -0.1) is 0 Å². The maximum atomic E-state index is 14.0. The van der Waals surface area contributed by atoms with Crippen LogP contribution in [0.15, 0.2) is 18.2 Å². The highest BCUT2D eigenvalue weighted by Gasteiger charge is 2.39. The molecule has 0 aliphatic carbocycles. The monoisotopic (exact) mass is 296 g/mol. The van der Waals surface area contributed by atoms with E-state index in [-0.39, 0.29) is 22.0 Å². The Labute approximate surface area is 124 Å². The van der Waals surface area contributed by atoms with Gasteiger partial charge in [-0.3, -0.25) is 0 Å². The van der Waals surface area contributed by atoms with Gasteiger partial charge in [0.2, 0.25) is 0 Å². The van der Waals surface area contributed by atoms with Crippen LogP contribution in [-0.4, -0.2) is 29.3 Å². The summed E-state index contributed by atoms with van der Waals surface area (Å²) in [5, 5.41) is 0. The van der Waals surface area contributed by atoms with Crippen molar-refractivity contribution >= 4 is 22.9 Å². The predicted octanol–water partition coefficient (Wildman–Crippen LogP) is 2.85. The van der Waals surface area contributed by atoms with Gasteiger partial charge in [0.05, 0.1) is 22.5 Å². The molecule has 0 saturated carbocycles. The van der Waals surface area contributed by atoms with Gasteiger partial charge >= 0.3 is 0 Å². The summed E-state index contributed by atoms with van der Waals surface area (Å²) >= 11 is 5.00. The summed E-state index contributed by atoms with van der Waals surface area (Å²) in [6.07, 6.45) is 0. The molecule has 0 aromatic heterocycles. The molecule has 110 valence electrons. The number of ether oxygens (including phenoxy) is 1. The summed E-state index contributed by atoms with van der Waals surface area (Å²) in [7, 11) is 0. The lowest BCUT2D eigenvalue weighted by Crippen LogP contribution is -2.57. The van der Waals surface area contributed by atoms with Crippen LogP contribution in [0.2, 0.25) is 0 Å². The third-order valence-corrected chi connectivity index (χ3v) is 3.48. The minimum Gasteiger partial charge on any atom is -0.389 e. The Hall–Kier alpha value is -1.20. The molecule has 1 saturated heterocycles. The van der Waals surface area contributed by atoms with Crippen LogP contribution in [0.25, 0.3) is 0 Å². The molecule has 2 N–H and O–H groups in total. The second kappa shape index (κ2) is 4.97. The summed E-state index contributed by atoms with van der Waals surface area (Å²) in [6.45, 7) is 9.44. The van der Waals surface area contributed by atoms with Gasteiger partial charge in [0.1, 0.15) is 10.8 Å². The molecule has 1 aromatic rings. The van der Waals surface area contributed by atoms with E-state index in [0.29, 0.717) is 18.7 Å². The van der Waals surface area contributed by atoms with E-state index >= 15 is 0 Å². The van der Waals surface area contributed by atoms with Crippen LogP contribution in [0.4, 0.5) is 10.1 Å². The first-order valence-electron chi connectivity index (χ1n) is 6.65. The number of thiocarbonyl (C=S) groups is 1. The molecule has 1 aliphatic rings. The highest BCUT2D eigenvalue weighted by molar-refractivity contribution is 7.80. The molecule has 20 heavy (non-hydrogen) atoms. The number of halogens is 1. The average Bonchev–Trinajstić information content (AvgIpc) is 2.23. The smallest absolute Gasteiger partial charge is 0.135 e. The largest absolute Gasteiger partial charge is 0.389 e. The summed E-state index contributed by atoms with van der Waals surface area (Å²) in [5.74, 6) is -0.378. The van der Waals surface area contributed by atoms with Crippen molar-refractivity contribution in [1.29, 1.82) is 0 Å². The maximum Gasteiger partial charge on any atom is 0.135 e. The van der Waals surface area contributed by atoms with Gasteiger partial charge in [-0.1, -0.05) is 18.3 Å². The van der Waals surface area contributed by atoms with Crippen molar-refractivity contribution in [3.8, 4) is 0 Å². The zero-order chi connectivity index (χ0) is 15.1. The summed E-state index contributed by atoms with van der Waals surface area (Å²) in [6, 6.07) is 4.92. The van der Waals surface area contributed by atoms with Gasteiger partial charge in [0, 0.05) is 13.1 Å². The van der Waals surface area contributed by atoms with E-state index in [0.717, 1.165) is 5.69 Å². The van der Waals surface area contributed by atoms with Gasteiger partial charge < -0.3 is 15.4 Å². The van der Waals surface area contributed by atoms with Gasteiger partial charge in [-0.2, -0.15) is 0 Å². The molecule has 1 heterocycles. The third-order valence-electron chi connectivity index (χ3n) is 3.27. The second-order valence-electron chi connectivity index (χ2n) is 6.48. The van der Waals surface area contributed by atoms with Crippen molar-refractivity contribution in [2.24, 2.45) is 5.73 Å². The number of hydrogen-bond donors (Lipinski definition) is 1. The SMILES string of the molecule is CC1(C)CN(c2cccc(F)c2C(N)=S)CC(C)(C)O1. The molecule has 3 nitrogen and oxygen atoms in total. The van der Waals surface area contributed by atoms with E-state index in [1.165, 1.54) is 6.07 Å². The molecular formula is C15H21FN2OS. The van der Waals surface area contributed by atoms with Crippen LogP contribution in [0.3, 0.4) is 0 Å². The Morgan fingerprint density at radius 2 is 1.80 bits per heavy atom. The van der Waals surface area contributed by atoms with Crippen LogP contribution >= 0.6 is 12.2 Å². The number of hydrogen-bond acceptors (Lipinski definition) is 3. The number of rotatable bonds is 2. The molecule has 1 aromatic carbocycles. The molecule has 1 aliphatic heterocycles. The van der Waals surface area contributed by atoms with E-state index in [1.54, 1.807) is 6.07 Å². The summed E-state index contributed by atoms with van der Waals surface area (Å²) in [4.78, 5) is 2.18. The Morgan fingerprint density at radius 3 is 2.30 bits per heavy atom.